The molecule has 4 nitrogen and oxygen atoms in total. The van der Waals surface area contributed by atoms with Gasteiger partial charge in [-0.2, -0.15) is 0 Å². The average molecular weight is 252 g/mol. The van der Waals surface area contributed by atoms with Crippen LogP contribution in [-0.2, 0) is 9.59 Å². The van der Waals surface area contributed by atoms with Gasteiger partial charge in [-0.1, -0.05) is 13.3 Å². The van der Waals surface area contributed by atoms with Crippen LogP contribution in [0.1, 0.15) is 33.1 Å². The second-order valence-electron chi connectivity index (χ2n) is 4.02. The smallest absolute Gasteiger partial charge is 0.224 e. The van der Waals surface area contributed by atoms with Gasteiger partial charge < -0.3 is 10.6 Å². The van der Waals surface area contributed by atoms with Crippen LogP contribution in [0, 0.1) is 5.82 Å². The number of carbonyl (C=O) groups is 2. The Balaban J connectivity index is 2.81. The van der Waals surface area contributed by atoms with E-state index in [4.69, 9.17) is 0 Å². The normalized spacial score (nSPS) is 9.94. The van der Waals surface area contributed by atoms with Crippen molar-refractivity contribution < 1.29 is 14.0 Å². The van der Waals surface area contributed by atoms with Crippen LogP contribution >= 0.6 is 0 Å². The van der Waals surface area contributed by atoms with E-state index < -0.39 is 5.82 Å². The Hall–Kier alpha value is -1.91. The highest BCUT2D eigenvalue weighted by atomic mass is 19.1. The van der Waals surface area contributed by atoms with E-state index in [9.17, 15) is 14.0 Å². The topological polar surface area (TPSA) is 58.2 Å². The van der Waals surface area contributed by atoms with E-state index in [2.05, 4.69) is 10.6 Å². The van der Waals surface area contributed by atoms with Crippen molar-refractivity contribution in [1.29, 1.82) is 0 Å². The Kier molecular flexibility index (Phi) is 5.30. The van der Waals surface area contributed by atoms with Crippen molar-refractivity contribution in [2.24, 2.45) is 0 Å². The first-order chi connectivity index (χ1) is 8.52. The molecule has 2 amide bonds. The maximum atomic E-state index is 13.1. The predicted octanol–water partition coefficient (Wildman–Crippen LogP) is 2.91. The molecule has 0 fully saturated rings. The molecule has 0 aromatic heterocycles. The number of carbonyl (C=O) groups excluding carboxylic acids is 2. The molecule has 0 saturated carbocycles. The van der Waals surface area contributed by atoms with Gasteiger partial charge in [-0.25, -0.2) is 4.39 Å². The first-order valence-electron chi connectivity index (χ1n) is 5.90. The molecule has 0 heterocycles. The highest BCUT2D eigenvalue weighted by molar-refractivity contribution is 5.98. The van der Waals surface area contributed by atoms with Gasteiger partial charge in [0.25, 0.3) is 0 Å². The fraction of sp³-hybridized carbons (Fsp3) is 0.385. The quantitative estimate of drug-likeness (QED) is 0.846. The van der Waals surface area contributed by atoms with E-state index in [-0.39, 0.29) is 17.5 Å². The largest absolute Gasteiger partial charge is 0.325 e. The molecular weight excluding hydrogens is 235 g/mol. The summed E-state index contributed by atoms with van der Waals surface area (Å²) in [6.07, 6.45) is 2.07. The molecule has 0 aliphatic heterocycles. The molecule has 1 rings (SSSR count). The van der Waals surface area contributed by atoms with Gasteiger partial charge in [0.15, 0.2) is 0 Å². The Morgan fingerprint density at radius 1 is 1.22 bits per heavy atom. The number of nitrogens with one attached hydrogen (secondary N) is 2. The van der Waals surface area contributed by atoms with Gasteiger partial charge in [0.1, 0.15) is 5.82 Å². The molecule has 0 saturated heterocycles. The molecule has 0 bridgehead atoms. The molecule has 0 aliphatic rings. The molecular formula is C13H17FN2O2. The molecule has 0 aliphatic carbocycles. The fourth-order valence-electron chi connectivity index (χ4n) is 1.47. The predicted molar refractivity (Wildman–Crippen MR) is 68.9 cm³/mol. The summed E-state index contributed by atoms with van der Waals surface area (Å²) in [6.45, 7) is 3.34. The summed E-state index contributed by atoms with van der Waals surface area (Å²) in [4.78, 5) is 22.6. The van der Waals surface area contributed by atoms with Gasteiger partial charge in [0.2, 0.25) is 11.8 Å². The second-order valence-corrected chi connectivity index (χ2v) is 4.02. The van der Waals surface area contributed by atoms with Crippen LogP contribution in [-0.4, -0.2) is 11.8 Å². The summed E-state index contributed by atoms with van der Waals surface area (Å²) in [6, 6.07) is 3.84. The van der Waals surface area contributed by atoms with Gasteiger partial charge in [0, 0.05) is 13.3 Å². The van der Waals surface area contributed by atoms with Crippen LogP contribution in [0.25, 0.3) is 0 Å². The molecule has 2 N–H and O–H groups in total. The summed E-state index contributed by atoms with van der Waals surface area (Å²) >= 11 is 0. The van der Waals surface area contributed by atoms with Crippen LogP contribution < -0.4 is 10.6 Å². The SMILES string of the molecule is CCCCC(=O)Nc1cc(F)ccc1NC(C)=O. The number of halogens is 1. The van der Waals surface area contributed by atoms with Crippen molar-refractivity contribution in [2.75, 3.05) is 10.6 Å². The van der Waals surface area contributed by atoms with Crippen LogP contribution in [0.2, 0.25) is 0 Å². The number of anilines is 2. The maximum Gasteiger partial charge on any atom is 0.224 e. The Labute approximate surface area is 106 Å². The lowest BCUT2D eigenvalue weighted by atomic mass is 10.2. The average Bonchev–Trinajstić information content (AvgIpc) is 2.29. The van der Waals surface area contributed by atoms with Gasteiger partial charge >= 0.3 is 0 Å². The molecule has 0 spiro atoms. The molecule has 1 aromatic rings. The monoisotopic (exact) mass is 252 g/mol. The summed E-state index contributed by atoms with van der Waals surface area (Å²) < 4.78 is 13.1. The minimum Gasteiger partial charge on any atom is -0.325 e. The summed E-state index contributed by atoms with van der Waals surface area (Å²) in [5.74, 6) is -0.922. The van der Waals surface area contributed by atoms with Crippen LogP contribution in [0.4, 0.5) is 15.8 Å². The van der Waals surface area contributed by atoms with Gasteiger partial charge in [-0.3, -0.25) is 9.59 Å². The Morgan fingerprint density at radius 3 is 2.56 bits per heavy atom. The summed E-state index contributed by atoms with van der Waals surface area (Å²) in [5, 5.41) is 5.14. The highest BCUT2D eigenvalue weighted by Crippen LogP contribution is 2.23. The van der Waals surface area contributed by atoms with Crippen molar-refractivity contribution in [3.63, 3.8) is 0 Å². The van der Waals surface area contributed by atoms with Crippen molar-refractivity contribution in [3.05, 3.63) is 24.0 Å². The molecule has 98 valence electrons. The van der Waals surface area contributed by atoms with Gasteiger partial charge in [-0.05, 0) is 24.6 Å². The fourth-order valence-corrected chi connectivity index (χ4v) is 1.47. The molecule has 18 heavy (non-hydrogen) atoms. The van der Waals surface area contributed by atoms with Crippen LogP contribution in [0.5, 0.6) is 0 Å². The third kappa shape index (κ3) is 4.53. The Morgan fingerprint density at radius 2 is 1.94 bits per heavy atom. The zero-order chi connectivity index (χ0) is 13.5. The third-order valence-corrected chi connectivity index (χ3v) is 2.32. The second kappa shape index (κ2) is 6.74. The minimum absolute atomic E-state index is 0.186. The van der Waals surface area contributed by atoms with E-state index >= 15 is 0 Å². The van der Waals surface area contributed by atoms with Crippen molar-refractivity contribution in [2.45, 2.75) is 33.1 Å². The lowest BCUT2D eigenvalue weighted by molar-refractivity contribution is -0.116. The first kappa shape index (κ1) is 14.2. The summed E-state index contributed by atoms with van der Waals surface area (Å²) in [5.41, 5.74) is 0.681. The highest BCUT2D eigenvalue weighted by Gasteiger charge is 2.09. The number of benzene rings is 1. The number of unbranched alkanes of at least 4 members (excludes halogenated alkanes) is 1. The van der Waals surface area contributed by atoms with Crippen molar-refractivity contribution >= 4 is 23.2 Å². The molecule has 5 heteroatoms. The van der Waals surface area contributed by atoms with Crippen LogP contribution in [0.15, 0.2) is 18.2 Å². The number of hydrogen-bond acceptors (Lipinski definition) is 2. The number of amides is 2. The standard InChI is InChI=1S/C13H17FN2O2/c1-3-4-5-13(18)16-12-8-10(14)6-7-11(12)15-9(2)17/h6-8H,3-5H2,1-2H3,(H,15,17)(H,16,18). The number of hydrogen-bond donors (Lipinski definition) is 2. The third-order valence-electron chi connectivity index (χ3n) is 2.32. The molecule has 0 radical (unpaired) electrons. The maximum absolute atomic E-state index is 13.1. The molecule has 0 atom stereocenters. The number of rotatable bonds is 5. The van der Waals surface area contributed by atoms with Gasteiger partial charge in [0.05, 0.1) is 11.4 Å². The van der Waals surface area contributed by atoms with E-state index in [0.29, 0.717) is 12.1 Å². The van der Waals surface area contributed by atoms with E-state index in [1.165, 1.54) is 25.1 Å². The first-order valence-corrected chi connectivity index (χ1v) is 5.90. The lowest BCUT2D eigenvalue weighted by Gasteiger charge is -2.11. The van der Waals surface area contributed by atoms with Crippen LogP contribution in [0.3, 0.4) is 0 Å². The minimum atomic E-state index is -0.463. The van der Waals surface area contributed by atoms with Gasteiger partial charge in [-0.15, -0.1) is 0 Å². The van der Waals surface area contributed by atoms with E-state index in [0.717, 1.165) is 12.8 Å². The molecule has 1 aromatic carbocycles. The van der Waals surface area contributed by atoms with Crippen molar-refractivity contribution in [3.8, 4) is 0 Å². The lowest BCUT2D eigenvalue weighted by Crippen LogP contribution is -2.14. The summed E-state index contributed by atoms with van der Waals surface area (Å²) in [7, 11) is 0. The Bertz CT molecular complexity index is 447. The van der Waals surface area contributed by atoms with E-state index in [1.807, 2.05) is 6.92 Å². The zero-order valence-corrected chi connectivity index (χ0v) is 10.5. The zero-order valence-electron chi connectivity index (χ0n) is 10.5. The molecule has 0 unspecified atom stereocenters. The van der Waals surface area contributed by atoms with E-state index in [1.54, 1.807) is 0 Å². The van der Waals surface area contributed by atoms with Crippen molar-refractivity contribution in [1.82, 2.24) is 0 Å².